The Kier molecular flexibility index (Phi) is 6.06. The third kappa shape index (κ3) is 5.84. The number of hydrogen-bond acceptors (Lipinski definition) is 1. The highest BCUT2D eigenvalue weighted by molar-refractivity contribution is 6.27. The van der Waals surface area contributed by atoms with Crippen LogP contribution in [0.4, 0.5) is 0 Å². The molecule has 0 aliphatic carbocycles. The summed E-state index contributed by atoms with van der Waals surface area (Å²) in [5.41, 5.74) is 0. The molecule has 0 rings (SSSR count). The van der Waals surface area contributed by atoms with E-state index in [-0.39, 0.29) is 5.38 Å². The average molecular weight is 149 g/mol. The second kappa shape index (κ2) is 6.09. The molecule has 0 spiro atoms. The van der Waals surface area contributed by atoms with Gasteiger partial charge in [0.1, 0.15) is 6.29 Å². The lowest BCUT2D eigenvalue weighted by atomic mass is 10.2. The highest BCUT2D eigenvalue weighted by Crippen LogP contribution is 2.05. The number of halogens is 1. The number of hydrogen-bond donors (Lipinski definition) is 0. The normalized spacial score (nSPS) is 13.1. The Hall–Kier alpha value is -0.0400. The molecule has 0 N–H and O–H groups in total. The maximum Gasteiger partial charge on any atom is 0.137 e. The SMILES string of the molecule is CCCCC[C@@H](Cl)C=O. The van der Waals surface area contributed by atoms with Crippen molar-refractivity contribution in [2.75, 3.05) is 0 Å². The molecular formula is C7H13ClO. The van der Waals surface area contributed by atoms with Crippen LogP contribution in [-0.2, 0) is 4.79 Å². The average Bonchev–Trinajstić information content (AvgIpc) is 1.89. The van der Waals surface area contributed by atoms with Gasteiger partial charge in [-0.1, -0.05) is 26.2 Å². The van der Waals surface area contributed by atoms with E-state index in [0.29, 0.717) is 0 Å². The molecule has 0 aromatic rings. The van der Waals surface area contributed by atoms with Gasteiger partial charge in [0.2, 0.25) is 0 Å². The van der Waals surface area contributed by atoms with Gasteiger partial charge in [-0.2, -0.15) is 0 Å². The third-order valence-electron chi connectivity index (χ3n) is 1.23. The van der Waals surface area contributed by atoms with Gasteiger partial charge < -0.3 is 4.79 Å². The van der Waals surface area contributed by atoms with Gasteiger partial charge in [0.05, 0.1) is 5.38 Å². The first kappa shape index (κ1) is 8.96. The van der Waals surface area contributed by atoms with E-state index in [0.717, 1.165) is 19.1 Å². The monoisotopic (exact) mass is 148 g/mol. The van der Waals surface area contributed by atoms with Crippen molar-refractivity contribution >= 4 is 17.9 Å². The Morgan fingerprint density at radius 3 is 2.67 bits per heavy atom. The summed E-state index contributed by atoms with van der Waals surface area (Å²) < 4.78 is 0. The lowest BCUT2D eigenvalue weighted by Crippen LogP contribution is -1.98. The summed E-state index contributed by atoms with van der Waals surface area (Å²) in [7, 11) is 0. The molecule has 2 heteroatoms. The summed E-state index contributed by atoms with van der Waals surface area (Å²) in [5.74, 6) is 0. The number of carbonyl (C=O) groups is 1. The maximum atomic E-state index is 9.97. The summed E-state index contributed by atoms with van der Waals surface area (Å²) in [4.78, 5) is 9.97. The van der Waals surface area contributed by atoms with Crippen molar-refractivity contribution in [3.05, 3.63) is 0 Å². The third-order valence-corrected chi connectivity index (χ3v) is 1.55. The first-order valence-corrected chi connectivity index (χ1v) is 3.84. The lowest BCUT2D eigenvalue weighted by Gasteiger charge is -1.97. The molecule has 0 fully saturated rings. The molecule has 0 aromatic carbocycles. The van der Waals surface area contributed by atoms with Crippen molar-refractivity contribution in [3.63, 3.8) is 0 Å². The molecule has 0 aliphatic rings. The van der Waals surface area contributed by atoms with Crippen LogP contribution in [0.15, 0.2) is 0 Å². The van der Waals surface area contributed by atoms with E-state index in [4.69, 9.17) is 11.6 Å². The van der Waals surface area contributed by atoms with E-state index >= 15 is 0 Å². The number of aldehydes is 1. The smallest absolute Gasteiger partial charge is 0.137 e. The summed E-state index contributed by atoms with van der Waals surface area (Å²) in [6.07, 6.45) is 5.07. The standard InChI is InChI=1S/C7H13ClO/c1-2-3-4-5-7(8)6-9/h6-7H,2-5H2,1H3/t7-/m1/s1. The fourth-order valence-corrected chi connectivity index (χ4v) is 0.812. The van der Waals surface area contributed by atoms with E-state index in [1.165, 1.54) is 12.8 Å². The number of carbonyl (C=O) groups excluding carboxylic acids is 1. The predicted molar refractivity (Wildman–Crippen MR) is 39.8 cm³/mol. The summed E-state index contributed by atoms with van der Waals surface area (Å²) in [6, 6.07) is 0. The molecule has 0 aliphatic heterocycles. The minimum atomic E-state index is -0.253. The van der Waals surface area contributed by atoms with Crippen molar-refractivity contribution in [3.8, 4) is 0 Å². The van der Waals surface area contributed by atoms with Gasteiger partial charge >= 0.3 is 0 Å². The Labute approximate surface area is 61.4 Å². The van der Waals surface area contributed by atoms with Crippen LogP contribution in [0.5, 0.6) is 0 Å². The van der Waals surface area contributed by atoms with E-state index in [9.17, 15) is 4.79 Å². The van der Waals surface area contributed by atoms with E-state index in [2.05, 4.69) is 6.92 Å². The first-order valence-electron chi connectivity index (χ1n) is 3.40. The molecule has 0 saturated carbocycles. The van der Waals surface area contributed by atoms with Gasteiger partial charge in [0.15, 0.2) is 0 Å². The minimum absolute atomic E-state index is 0.253. The number of alkyl halides is 1. The van der Waals surface area contributed by atoms with Crippen LogP contribution in [0.2, 0.25) is 0 Å². The van der Waals surface area contributed by atoms with Gasteiger partial charge in [-0.3, -0.25) is 0 Å². The zero-order valence-corrected chi connectivity index (χ0v) is 6.53. The predicted octanol–water partition coefficient (Wildman–Crippen LogP) is 2.37. The Balaban J connectivity index is 2.96. The van der Waals surface area contributed by atoms with Gasteiger partial charge in [-0.15, -0.1) is 11.6 Å². The molecule has 1 atom stereocenters. The van der Waals surface area contributed by atoms with Crippen LogP contribution in [0.1, 0.15) is 32.6 Å². The molecule has 0 radical (unpaired) electrons. The second-order valence-corrected chi connectivity index (χ2v) is 2.71. The molecular weight excluding hydrogens is 136 g/mol. The lowest BCUT2D eigenvalue weighted by molar-refractivity contribution is -0.107. The van der Waals surface area contributed by atoms with Crippen molar-refractivity contribution in [1.82, 2.24) is 0 Å². The Morgan fingerprint density at radius 1 is 1.56 bits per heavy atom. The van der Waals surface area contributed by atoms with Crippen LogP contribution in [0, 0.1) is 0 Å². The fourth-order valence-electron chi connectivity index (χ4n) is 0.657. The van der Waals surface area contributed by atoms with Crippen molar-refractivity contribution in [2.45, 2.75) is 38.0 Å². The Bertz CT molecular complexity index is 73.3. The molecule has 9 heavy (non-hydrogen) atoms. The summed E-state index contributed by atoms with van der Waals surface area (Å²) in [5, 5.41) is -0.253. The first-order chi connectivity index (χ1) is 4.31. The fraction of sp³-hybridized carbons (Fsp3) is 0.857. The van der Waals surface area contributed by atoms with E-state index in [1.54, 1.807) is 0 Å². The van der Waals surface area contributed by atoms with Crippen LogP contribution in [0.25, 0.3) is 0 Å². The van der Waals surface area contributed by atoms with Crippen molar-refractivity contribution in [2.24, 2.45) is 0 Å². The molecule has 0 saturated heterocycles. The van der Waals surface area contributed by atoms with Gasteiger partial charge in [-0.05, 0) is 6.42 Å². The van der Waals surface area contributed by atoms with Gasteiger partial charge in [0.25, 0.3) is 0 Å². The van der Waals surface area contributed by atoms with Crippen LogP contribution >= 0.6 is 11.6 Å². The van der Waals surface area contributed by atoms with E-state index < -0.39 is 0 Å². The number of unbranched alkanes of at least 4 members (excludes halogenated alkanes) is 2. The topological polar surface area (TPSA) is 17.1 Å². The van der Waals surface area contributed by atoms with Gasteiger partial charge in [-0.25, -0.2) is 0 Å². The highest BCUT2D eigenvalue weighted by atomic mass is 35.5. The molecule has 1 nitrogen and oxygen atoms in total. The van der Waals surface area contributed by atoms with Gasteiger partial charge in [0, 0.05) is 0 Å². The maximum absolute atomic E-state index is 9.97. The van der Waals surface area contributed by atoms with Crippen LogP contribution < -0.4 is 0 Å². The molecule has 0 aromatic heterocycles. The zero-order valence-electron chi connectivity index (χ0n) is 5.77. The van der Waals surface area contributed by atoms with Crippen molar-refractivity contribution in [1.29, 1.82) is 0 Å². The molecule has 0 heterocycles. The Morgan fingerprint density at radius 2 is 2.22 bits per heavy atom. The molecule has 54 valence electrons. The summed E-state index contributed by atoms with van der Waals surface area (Å²) in [6.45, 7) is 2.13. The van der Waals surface area contributed by atoms with Crippen LogP contribution in [0.3, 0.4) is 0 Å². The largest absolute Gasteiger partial charge is 0.302 e. The summed E-state index contributed by atoms with van der Waals surface area (Å²) >= 11 is 5.53. The van der Waals surface area contributed by atoms with E-state index in [1.807, 2.05) is 0 Å². The number of rotatable bonds is 5. The quantitative estimate of drug-likeness (QED) is 0.332. The van der Waals surface area contributed by atoms with Crippen molar-refractivity contribution < 1.29 is 4.79 Å². The molecule has 0 unspecified atom stereocenters. The van der Waals surface area contributed by atoms with Crippen LogP contribution in [-0.4, -0.2) is 11.7 Å². The molecule has 0 amide bonds. The minimum Gasteiger partial charge on any atom is -0.302 e. The highest BCUT2D eigenvalue weighted by Gasteiger charge is 1.99. The second-order valence-electron chi connectivity index (χ2n) is 2.15. The molecule has 0 bridgehead atoms. The zero-order chi connectivity index (χ0) is 7.11.